The number of ether oxygens (including phenoxy) is 1. The van der Waals surface area contributed by atoms with Crippen LogP contribution in [0.15, 0.2) is 0 Å². The molecule has 0 spiro atoms. The molecule has 3 heteroatoms. The molecule has 2 saturated heterocycles. The minimum atomic E-state index is 0.630. The zero-order valence-corrected chi connectivity index (χ0v) is 8.14. The van der Waals surface area contributed by atoms with Crippen molar-refractivity contribution < 1.29 is 4.74 Å². The Morgan fingerprint density at radius 1 is 1.27 bits per heavy atom. The maximum Gasteiger partial charge on any atom is 0.0620 e. The van der Waals surface area contributed by atoms with Crippen molar-refractivity contribution in [3.63, 3.8) is 0 Å². The van der Waals surface area contributed by atoms with Crippen LogP contribution in [0.1, 0.15) is 12.8 Å². The van der Waals surface area contributed by atoms with Gasteiger partial charge in [-0.15, -0.1) is 0 Å². The van der Waals surface area contributed by atoms with Gasteiger partial charge in [-0.2, -0.15) is 0 Å². The van der Waals surface area contributed by atoms with Gasteiger partial charge in [0.25, 0.3) is 0 Å². The summed E-state index contributed by atoms with van der Waals surface area (Å²) in [7, 11) is 0. The molecule has 64 valence electrons. The summed E-state index contributed by atoms with van der Waals surface area (Å²) in [4.78, 5) is 0. The fourth-order valence-electron chi connectivity index (χ4n) is 2.08. The predicted molar refractivity (Wildman–Crippen MR) is 48.0 cm³/mol. The SMILES string of the molecule is BrCC1CC2COCC(C1)N2. The highest BCUT2D eigenvalue weighted by Gasteiger charge is 2.30. The maximum absolute atomic E-state index is 5.45. The van der Waals surface area contributed by atoms with Gasteiger partial charge in [0.1, 0.15) is 0 Å². The average Bonchev–Trinajstić information content (AvgIpc) is 2.03. The van der Waals surface area contributed by atoms with Gasteiger partial charge in [-0.3, -0.25) is 0 Å². The van der Waals surface area contributed by atoms with Gasteiger partial charge in [-0.05, 0) is 18.8 Å². The fraction of sp³-hybridized carbons (Fsp3) is 1.00. The minimum Gasteiger partial charge on any atom is -0.378 e. The molecule has 2 fully saturated rings. The monoisotopic (exact) mass is 219 g/mol. The van der Waals surface area contributed by atoms with E-state index in [0.717, 1.165) is 24.5 Å². The van der Waals surface area contributed by atoms with Crippen LogP contribution < -0.4 is 5.32 Å². The molecule has 1 N–H and O–H groups in total. The molecule has 0 aromatic carbocycles. The molecule has 0 amide bonds. The van der Waals surface area contributed by atoms with Crippen LogP contribution in [0.3, 0.4) is 0 Å². The summed E-state index contributed by atoms with van der Waals surface area (Å²) in [6.07, 6.45) is 2.56. The number of hydrogen-bond donors (Lipinski definition) is 1. The first-order valence-electron chi connectivity index (χ1n) is 4.28. The van der Waals surface area contributed by atoms with Crippen molar-refractivity contribution in [1.29, 1.82) is 0 Å². The molecule has 2 rings (SSSR count). The number of fused-ring (bicyclic) bond motifs is 2. The van der Waals surface area contributed by atoms with Crippen LogP contribution >= 0.6 is 15.9 Å². The molecule has 11 heavy (non-hydrogen) atoms. The third-order valence-corrected chi connectivity index (χ3v) is 3.48. The number of morpholine rings is 1. The Kier molecular flexibility index (Phi) is 2.49. The Bertz CT molecular complexity index is 130. The summed E-state index contributed by atoms with van der Waals surface area (Å²) in [6.45, 7) is 1.83. The molecule has 2 atom stereocenters. The number of rotatable bonds is 1. The van der Waals surface area contributed by atoms with E-state index in [4.69, 9.17) is 4.74 Å². The highest BCUT2D eigenvalue weighted by molar-refractivity contribution is 9.09. The number of hydrogen-bond acceptors (Lipinski definition) is 2. The largest absolute Gasteiger partial charge is 0.378 e. The molecule has 2 aliphatic heterocycles. The molecule has 2 aliphatic rings. The topological polar surface area (TPSA) is 21.3 Å². The van der Waals surface area contributed by atoms with Crippen molar-refractivity contribution in [3.8, 4) is 0 Å². The first kappa shape index (κ1) is 8.02. The Balaban J connectivity index is 1.94. The first-order valence-corrected chi connectivity index (χ1v) is 5.40. The van der Waals surface area contributed by atoms with Gasteiger partial charge in [0, 0.05) is 17.4 Å². The number of nitrogens with one attached hydrogen (secondary N) is 1. The lowest BCUT2D eigenvalue weighted by molar-refractivity contribution is 0.0115. The van der Waals surface area contributed by atoms with Crippen LogP contribution in [0.25, 0.3) is 0 Å². The van der Waals surface area contributed by atoms with Gasteiger partial charge in [0.05, 0.1) is 13.2 Å². The molecule has 2 heterocycles. The fourth-order valence-corrected chi connectivity index (χ4v) is 2.61. The van der Waals surface area contributed by atoms with Gasteiger partial charge >= 0.3 is 0 Å². The zero-order chi connectivity index (χ0) is 7.68. The van der Waals surface area contributed by atoms with Crippen molar-refractivity contribution in [2.75, 3.05) is 18.5 Å². The summed E-state index contributed by atoms with van der Waals surface area (Å²) in [5.41, 5.74) is 0. The molecule has 2 nitrogen and oxygen atoms in total. The highest BCUT2D eigenvalue weighted by Crippen LogP contribution is 2.24. The molecular formula is C8H14BrNO. The van der Waals surface area contributed by atoms with Crippen molar-refractivity contribution in [1.82, 2.24) is 5.32 Å². The van der Waals surface area contributed by atoms with E-state index in [9.17, 15) is 0 Å². The average molecular weight is 220 g/mol. The van der Waals surface area contributed by atoms with E-state index in [1.54, 1.807) is 0 Å². The van der Waals surface area contributed by atoms with E-state index in [-0.39, 0.29) is 0 Å². The van der Waals surface area contributed by atoms with E-state index >= 15 is 0 Å². The van der Waals surface area contributed by atoms with Crippen LogP contribution in [0.2, 0.25) is 0 Å². The standard InChI is InChI=1S/C8H14BrNO/c9-3-6-1-7-4-11-5-8(2-6)10-7/h6-8,10H,1-5H2. The van der Waals surface area contributed by atoms with Gasteiger partial charge in [0.15, 0.2) is 0 Å². The van der Waals surface area contributed by atoms with E-state index < -0.39 is 0 Å². The third kappa shape index (κ3) is 1.76. The maximum atomic E-state index is 5.45. The van der Waals surface area contributed by atoms with Gasteiger partial charge in [-0.1, -0.05) is 15.9 Å². The van der Waals surface area contributed by atoms with Crippen LogP contribution in [0, 0.1) is 5.92 Å². The van der Waals surface area contributed by atoms with Crippen LogP contribution in [-0.2, 0) is 4.74 Å². The highest BCUT2D eigenvalue weighted by atomic mass is 79.9. The molecule has 0 aliphatic carbocycles. The van der Waals surface area contributed by atoms with Gasteiger partial charge in [0.2, 0.25) is 0 Å². The normalized spacial score (nSPS) is 43.9. The lowest BCUT2D eigenvalue weighted by Gasteiger charge is -2.39. The second kappa shape index (κ2) is 3.42. The molecule has 0 aromatic rings. The van der Waals surface area contributed by atoms with Crippen molar-refractivity contribution in [3.05, 3.63) is 0 Å². The van der Waals surface area contributed by atoms with Crippen LogP contribution in [-0.4, -0.2) is 30.6 Å². The number of piperidine rings is 1. The summed E-state index contributed by atoms with van der Waals surface area (Å²) < 4.78 is 5.45. The summed E-state index contributed by atoms with van der Waals surface area (Å²) in [6, 6.07) is 1.26. The molecule has 2 unspecified atom stereocenters. The van der Waals surface area contributed by atoms with Crippen LogP contribution in [0.4, 0.5) is 0 Å². The summed E-state index contributed by atoms with van der Waals surface area (Å²) in [5, 5.41) is 4.73. The van der Waals surface area contributed by atoms with Gasteiger partial charge < -0.3 is 10.1 Å². The lowest BCUT2D eigenvalue weighted by Crippen LogP contribution is -2.54. The van der Waals surface area contributed by atoms with E-state index in [1.807, 2.05) is 0 Å². The molecule has 0 saturated carbocycles. The quantitative estimate of drug-likeness (QED) is 0.669. The lowest BCUT2D eigenvalue weighted by atomic mass is 9.88. The Labute approximate surface area is 75.8 Å². The summed E-state index contributed by atoms with van der Waals surface area (Å²) >= 11 is 3.55. The second-order valence-corrected chi connectivity index (χ2v) is 4.24. The van der Waals surface area contributed by atoms with Crippen molar-refractivity contribution >= 4 is 15.9 Å². The predicted octanol–water partition coefficient (Wildman–Crippen LogP) is 1.15. The van der Waals surface area contributed by atoms with Crippen molar-refractivity contribution in [2.45, 2.75) is 24.9 Å². The van der Waals surface area contributed by atoms with E-state index in [1.165, 1.54) is 12.8 Å². The number of halogens is 1. The zero-order valence-electron chi connectivity index (χ0n) is 6.55. The van der Waals surface area contributed by atoms with Gasteiger partial charge in [-0.25, -0.2) is 0 Å². The molecular weight excluding hydrogens is 206 g/mol. The Morgan fingerprint density at radius 3 is 2.45 bits per heavy atom. The number of alkyl halides is 1. The molecule has 0 aromatic heterocycles. The van der Waals surface area contributed by atoms with E-state index in [0.29, 0.717) is 12.1 Å². The Morgan fingerprint density at radius 2 is 1.91 bits per heavy atom. The van der Waals surface area contributed by atoms with Crippen LogP contribution in [0.5, 0.6) is 0 Å². The molecule has 0 radical (unpaired) electrons. The third-order valence-electron chi connectivity index (χ3n) is 2.56. The first-order chi connectivity index (χ1) is 5.38. The smallest absolute Gasteiger partial charge is 0.0620 e. The summed E-state index contributed by atoms with van der Waals surface area (Å²) in [5.74, 6) is 0.871. The van der Waals surface area contributed by atoms with E-state index in [2.05, 4.69) is 21.2 Å². The Hall–Kier alpha value is 0.400. The molecule has 2 bridgehead atoms. The minimum absolute atomic E-state index is 0.630. The van der Waals surface area contributed by atoms with Crippen molar-refractivity contribution in [2.24, 2.45) is 5.92 Å². The second-order valence-electron chi connectivity index (χ2n) is 3.59.